The van der Waals surface area contributed by atoms with Crippen LogP contribution in [0, 0.1) is 0 Å². The minimum Gasteiger partial charge on any atom is -0.508 e. The monoisotopic (exact) mass is 887 g/mol. The van der Waals surface area contributed by atoms with Crippen molar-refractivity contribution in [1.29, 1.82) is 0 Å². The number of hydrogen-bond acceptors (Lipinski definition) is 3. The third kappa shape index (κ3) is 33.2. The van der Waals surface area contributed by atoms with Gasteiger partial charge in [-0.05, 0) is 107 Å². The SMILES string of the molecule is C.C.C.C.CC.CC.CC.CC.CCc1ccc(-c2ccc(CC)cc2)cc1.CCc1ccc(-c2ccc(CC)cc2)cc1.Oc1ccccc1.Oc1ccccc1.Oc1ccccc1. The first-order valence-electron chi connectivity index (χ1n) is 22.4. The Morgan fingerprint density at radius 3 is 0.462 bits per heavy atom. The molecule has 3 nitrogen and oxygen atoms in total. The molecule has 3 N–H and O–H groups in total. The molecule has 0 radical (unpaired) electrons. The molecule has 0 aliphatic rings. The van der Waals surface area contributed by atoms with E-state index < -0.39 is 0 Å². The summed E-state index contributed by atoms with van der Waals surface area (Å²) in [6.45, 7) is 24.7. The smallest absolute Gasteiger partial charge is 0.115 e. The first-order valence-corrected chi connectivity index (χ1v) is 22.4. The Morgan fingerprint density at radius 2 is 0.369 bits per heavy atom. The van der Waals surface area contributed by atoms with Crippen LogP contribution >= 0.6 is 0 Å². The number of aryl methyl sites for hydroxylation is 4. The van der Waals surface area contributed by atoms with E-state index in [1.165, 1.54) is 44.5 Å². The molecule has 360 valence electrons. The Labute approximate surface area is 402 Å². The van der Waals surface area contributed by atoms with E-state index >= 15 is 0 Å². The van der Waals surface area contributed by atoms with Crippen LogP contribution in [0.1, 0.15) is 135 Å². The van der Waals surface area contributed by atoms with Crippen LogP contribution in [0.2, 0.25) is 0 Å². The van der Waals surface area contributed by atoms with E-state index in [-0.39, 0.29) is 29.7 Å². The lowest BCUT2D eigenvalue weighted by molar-refractivity contribution is 0.475. The third-order valence-corrected chi connectivity index (χ3v) is 8.38. The molecule has 0 aliphatic carbocycles. The Morgan fingerprint density at radius 1 is 0.231 bits per heavy atom. The molecule has 0 aliphatic heterocycles. The number of hydrogen-bond donors (Lipinski definition) is 3. The molecule has 0 saturated carbocycles. The van der Waals surface area contributed by atoms with Gasteiger partial charge in [0.1, 0.15) is 17.2 Å². The molecule has 0 heterocycles. The van der Waals surface area contributed by atoms with Gasteiger partial charge in [-0.1, -0.05) is 264 Å². The van der Waals surface area contributed by atoms with Crippen LogP contribution in [0.15, 0.2) is 188 Å². The minimum atomic E-state index is 0. The summed E-state index contributed by atoms with van der Waals surface area (Å²) in [6.07, 6.45) is 4.42. The molecular weight excluding hydrogens is 793 g/mol. The summed E-state index contributed by atoms with van der Waals surface area (Å²) in [5.41, 5.74) is 10.8. The zero-order chi connectivity index (χ0) is 46.1. The van der Waals surface area contributed by atoms with Gasteiger partial charge < -0.3 is 15.3 Å². The molecule has 0 amide bonds. The van der Waals surface area contributed by atoms with Gasteiger partial charge in [-0.15, -0.1) is 0 Å². The summed E-state index contributed by atoms with van der Waals surface area (Å²) in [4.78, 5) is 0. The summed E-state index contributed by atoms with van der Waals surface area (Å²) in [5, 5.41) is 25.9. The van der Waals surface area contributed by atoms with Crippen LogP contribution in [0.4, 0.5) is 0 Å². The fourth-order valence-electron chi connectivity index (χ4n) is 5.02. The molecule has 7 aromatic carbocycles. The maximum absolute atomic E-state index is 8.63. The minimum absolute atomic E-state index is 0. The summed E-state index contributed by atoms with van der Waals surface area (Å²) >= 11 is 0. The Hall–Kier alpha value is -6.06. The normalized spacial score (nSPS) is 8.25. The molecular formula is C62H94O3. The Kier molecular flexibility index (Phi) is 53.2. The van der Waals surface area contributed by atoms with Crippen molar-refractivity contribution in [3.8, 4) is 39.5 Å². The van der Waals surface area contributed by atoms with Crippen LogP contribution in [0.3, 0.4) is 0 Å². The van der Waals surface area contributed by atoms with Crippen molar-refractivity contribution < 1.29 is 15.3 Å². The predicted octanol–water partition coefficient (Wildman–Crippen LogP) is 19.8. The highest BCUT2D eigenvalue weighted by atomic mass is 16.3. The number of rotatable bonds is 6. The lowest BCUT2D eigenvalue weighted by Gasteiger charge is -2.04. The summed E-state index contributed by atoms with van der Waals surface area (Å²) in [6, 6.07) is 61.5. The first kappa shape index (κ1) is 70.6. The Balaban J connectivity index is -0.000000165. The van der Waals surface area contributed by atoms with Crippen molar-refractivity contribution in [2.75, 3.05) is 0 Å². The highest BCUT2D eigenvalue weighted by Gasteiger charge is 1.99. The van der Waals surface area contributed by atoms with Crippen LogP contribution in [0.25, 0.3) is 22.3 Å². The fourth-order valence-corrected chi connectivity index (χ4v) is 5.02. The molecule has 0 spiro atoms. The zero-order valence-electron chi connectivity index (χ0n) is 39.6. The van der Waals surface area contributed by atoms with Crippen molar-refractivity contribution in [3.63, 3.8) is 0 Å². The van der Waals surface area contributed by atoms with Gasteiger partial charge >= 0.3 is 0 Å². The molecule has 3 heteroatoms. The van der Waals surface area contributed by atoms with E-state index in [1.54, 1.807) is 72.8 Å². The average molecular weight is 887 g/mol. The standard InChI is InChI=1S/2C16H18.3C6H6O.4C2H6.4CH4/c2*1-3-13-5-9-15(10-6-13)16-11-7-14(4-2)8-12-16;3*7-6-4-2-1-3-5-6;4*1-2;;;;/h2*5-12H,3-4H2,1-2H3;3*1-5,7H;4*1-2H3;4*1H4. The number of benzene rings is 7. The number of phenolic OH excluding ortho intramolecular Hbond substituents is 3. The van der Waals surface area contributed by atoms with Gasteiger partial charge in [-0.2, -0.15) is 0 Å². The van der Waals surface area contributed by atoms with Gasteiger partial charge in [0.2, 0.25) is 0 Å². The molecule has 65 heavy (non-hydrogen) atoms. The average Bonchev–Trinajstić information content (AvgIpc) is 3.36. The van der Waals surface area contributed by atoms with E-state index in [0.29, 0.717) is 17.2 Å². The quantitative estimate of drug-likeness (QED) is 0.156. The molecule has 0 aromatic heterocycles. The summed E-state index contributed by atoms with van der Waals surface area (Å²) in [7, 11) is 0. The molecule has 7 aromatic rings. The largest absolute Gasteiger partial charge is 0.508 e. The topological polar surface area (TPSA) is 60.7 Å². The molecule has 0 saturated heterocycles. The lowest BCUT2D eigenvalue weighted by Crippen LogP contribution is -1.83. The van der Waals surface area contributed by atoms with Crippen LogP contribution in [-0.4, -0.2) is 15.3 Å². The van der Waals surface area contributed by atoms with Gasteiger partial charge in [0, 0.05) is 0 Å². The van der Waals surface area contributed by atoms with Crippen molar-refractivity contribution in [2.45, 2.75) is 138 Å². The fraction of sp³-hybridized carbons (Fsp3) is 0.323. The van der Waals surface area contributed by atoms with Crippen LogP contribution in [0.5, 0.6) is 17.2 Å². The maximum atomic E-state index is 8.63. The number of aromatic hydroxyl groups is 3. The highest BCUT2D eigenvalue weighted by Crippen LogP contribution is 2.22. The van der Waals surface area contributed by atoms with Crippen LogP contribution in [-0.2, 0) is 25.7 Å². The molecule has 7 rings (SSSR count). The summed E-state index contributed by atoms with van der Waals surface area (Å²) in [5.74, 6) is 0.965. The van der Waals surface area contributed by atoms with Gasteiger partial charge in [-0.25, -0.2) is 0 Å². The van der Waals surface area contributed by atoms with E-state index in [2.05, 4.69) is 125 Å². The number of phenols is 3. The van der Waals surface area contributed by atoms with Gasteiger partial charge in [0.05, 0.1) is 0 Å². The maximum Gasteiger partial charge on any atom is 0.115 e. The van der Waals surface area contributed by atoms with Crippen molar-refractivity contribution in [3.05, 3.63) is 210 Å². The lowest BCUT2D eigenvalue weighted by atomic mass is 10.0. The van der Waals surface area contributed by atoms with E-state index in [1.807, 2.05) is 73.6 Å². The van der Waals surface area contributed by atoms with Crippen molar-refractivity contribution >= 4 is 0 Å². The predicted molar refractivity (Wildman–Crippen MR) is 298 cm³/mol. The van der Waals surface area contributed by atoms with Gasteiger partial charge in [-0.3, -0.25) is 0 Å². The van der Waals surface area contributed by atoms with E-state index in [9.17, 15) is 0 Å². The first-order chi connectivity index (χ1) is 29.8. The summed E-state index contributed by atoms with van der Waals surface area (Å²) < 4.78 is 0. The third-order valence-electron chi connectivity index (χ3n) is 8.38. The van der Waals surface area contributed by atoms with E-state index in [0.717, 1.165) is 25.7 Å². The second kappa shape index (κ2) is 49.0. The second-order valence-electron chi connectivity index (χ2n) is 12.2. The van der Waals surface area contributed by atoms with Crippen molar-refractivity contribution in [1.82, 2.24) is 0 Å². The molecule has 0 unspecified atom stereocenters. The Bertz CT molecular complexity index is 1650. The molecule has 0 fully saturated rings. The number of para-hydroxylation sites is 3. The second-order valence-corrected chi connectivity index (χ2v) is 12.2. The highest BCUT2D eigenvalue weighted by molar-refractivity contribution is 5.64. The van der Waals surface area contributed by atoms with Gasteiger partial charge in [0.15, 0.2) is 0 Å². The zero-order valence-corrected chi connectivity index (χ0v) is 39.6. The molecule has 0 bridgehead atoms. The van der Waals surface area contributed by atoms with Gasteiger partial charge in [0.25, 0.3) is 0 Å². The molecule has 0 atom stereocenters. The van der Waals surface area contributed by atoms with E-state index in [4.69, 9.17) is 15.3 Å². The van der Waals surface area contributed by atoms with Crippen LogP contribution < -0.4 is 0 Å². The van der Waals surface area contributed by atoms with Crippen molar-refractivity contribution in [2.24, 2.45) is 0 Å².